The number of carbonyl (C=O) groups is 1. The maximum atomic E-state index is 12.9. The number of halogens is 6. The molecule has 0 aromatic rings. The Hall–Kier alpha value is -1.19. The average Bonchev–Trinajstić information content (AvgIpc) is 2.65. The number of alkyl halides is 6. The van der Waals surface area contributed by atoms with Gasteiger partial charge in [-0.15, -0.1) is 0 Å². The number of likely N-dealkylation sites (tertiary alicyclic amines) is 1. The minimum absolute atomic E-state index is 0.220. The molecule has 2 rings (SSSR count). The lowest BCUT2D eigenvalue weighted by atomic mass is 9.79. The molecule has 1 spiro atoms. The second-order valence-electron chi connectivity index (χ2n) is 5.89. The summed E-state index contributed by atoms with van der Waals surface area (Å²) in [5.41, 5.74) is -1.13. The fraction of sp³-hybridized carbons (Fsp3) is 0.917. The molecule has 2 heterocycles. The second-order valence-corrected chi connectivity index (χ2v) is 5.89. The van der Waals surface area contributed by atoms with E-state index in [2.05, 4.69) is 5.32 Å². The van der Waals surface area contributed by atoms with Crippen LogP contribution in [0.2, 0.25) is 0 Å². The molecule has 1 atom stereocenters. The third-order valence-electron chi connectivity index (χ3n) is 4.57. The Morgan fingerprint density at radius 3 is 2.05 bits per heavy atom. The summed E-state index contributed by atoms with van der Waals surface area (Å²) < 4.78 is 77.1. The summed E-state index contributed by atoms with van der Waals surface area (Å²) >= 11 is 0. The van der Waals surface area contributed by atoms with Gasteiger partial charge in [0.05, 0.1) is 0 Å². The van der Waals surface area contributed by atoms with Crippen LogP contribution in [-0.4, -0.2) is 53.6 Å². The Balaban J connectivity index is 2.31. The summed E-state index contributed by atoms with van der Waals surface area (Å²) in [4.78, 5) is 12.1. The lowest BCUT2D eigenvalue weighted by Gasteiger charge is -2.40. The van der Waals surface area contributed by atoms with Crippen molar-refractivity contribution in [1.29, 1.82) is 0 Å². The minimum atomic E-state index is -5.44. The van der Waals surface area contributed by atoms with Crippen molar-refractivity contribution in [3.05, 3.63) is 0 Å². The first-order valence-electron chi connectivity index (χ1n) is 6.82. The van der Waals surface area contributed by atoms with Crippen molar-refractivity contribution in [2.75, 3.05) is 19.6 Å². The van der Waals surface area contributed by atoms with Crippen molar-refractivity contribution in [3.63, 3.8) is 0 Å². The highest BCUT2D eigenvalue weighted by atomic mass is 19.4. The SMILES string of the molecule is O=C(O)N1CC(C(C(F)(F)F)C(F)(F)F)CC12CCNCC2. The van der Waals surface area contributed by atoms with E-state index in [1.54, 1.807) is 0 Å². The Bertz CT molecular complexity index is 416. The number of piperidine rings is 1. The van der Waals surface area contributed by atoms with Gasteiger partial charge in [-0.05, 0) is 38.3 Å². The molecule has 22 heavy (non-hydrogen) atoms. The first-order valence-corrected chi connectivity index (χ1v) is 6.82. The van der Waals surface area contributed by atoms with Crippen LogP contribution >= 0.6 is 0 Å². The largest absolute Gasteiger partial charge is 0.465 e. The van der Waals surface area contributed by atoms with Gasteiger partial charge in [-0.1, -0.05) is 0 Å². The molecule has 0 aromatic heterocycles. The van der Waals surface area contributed by atoms with Crippen molar-refractivity contribution in [3.8, 4) is 0 Å². The van der Waals surface area contributed by atoms with Crippen molar-refractivity contribution in [1.82, 2.24) is 10.2 Å². The predicted octanol–water partition coefficient (Wildman–Crippen LogP) is 2.85. The normalized spacial score (nSPS) is 26.0. The molecule has 0 aromatic carbocycles. The van der Waals surface area contributed by atoms with Crippen LogP contribution in [0.25, 0.3) is 0 Å². The third-order valence-corrected chi connectivity index (χ3v) is 4.57. The zero-order valence-corrected chi connectivity index (χ0v) is 11.5. The molecule has 2 N–H and O–H groups in total. The van der Waals surface area contributed by atoms with Crippen LogP contribution in [0.4, 0.5) is 31.1 Å². The molecule has 2 aliphatic rings. The molecular weight excluding hydrogens is 318 g/mol. The molecule has 0 saturated carbocycles. The van der Waals surface area contributed by atoms with Gasteiger partial charge in [0.15, 0.2) is 5.92 Å². The second kappa shape index (κ2) is 5.47. The molecule has 2 fully saturated rings. The number of hydrogen-bond donors (Lipinski definition) is 2. The Kier molecular flexibility index (Phi) is 4.27. The Labute approximate surface area is 122 Å². The van der Waals surface area contributed by atoms with Gasteiger partial charge in [0.2, 0.25) is 0 Å². The highest BCUT2D eigenvalue weighted by Gasteiger charge is 2.64. The third kappa shape index (κ3) is 3.11. The van der Waals surface area contributed by atoms with Crippen molar-refractivity contribution >= 4 is 6.09 Å². The zero-order chi connectivity index (χ0) is 16.8. The van der Waals surface area contributed by atoms with Gasteiger partial charge >= 0.3 is 18.4 Å². The van der Waals surface area contributed by atoms with E-state index >= 15 is 0 Å². The molecule has 0 radical (unpaired) electrons. The number of rotatable bonds is 1. The zero-order valence-electron chi connectivity index (χ0n) is 11.5. The molecule has 10 heteroatoms. The molecule has 128 valence electrons. The standard InChI is InChI=1S/C12H16F6N2O2/c13-11(14,15)8(12(16,17)18)7-5-10(1-3-19-4-2-10)20(6-7)9(21)22/h7-8,19H,1-6H2,(H,21,22). The van der Waals surface area contributed by atoms with Gasteiger partial charge in [-0.25, -0.2) is 4.79 Å². The van der Waals surface area contributed by atoms with Gasteiger partial charge in [-0.2, -0.15) is 26.3 Å². The van der Waals surface area contributed by atoms with Crippen LogP contribution in [-0.2, 0) is 0 Å². The number of amides is 1. The van der Waals surface area contributed by atoms with Crippen LogP contribution < -0.4 is 5.32 Å². The number of nitrogens with zero attached hydrogens (tertiary/aromatic N) is 1. The molecule has 4 nitrogen and oxygen atoms in total. The van der Waals surface area contributed by atoms with E-state index in [-0.39, 0.29) is 12.8 Å². The molecule has 2 saturated heterocycles. The molecular formula is C12H16F6N2O2. The number of nitrogens with one attached hydrogen (secondary N) is 1. The van der Waals surface area contributed by atoms with E-state index in [9.17, 15) is 36.2 Å². The summed E-state index contributed by atoms with van der Waals surface area (Å²) in [6.07, 6.45) is -12.3. The highest BCUT2D eigenvalue weighted by molar-refractivity contribution is 5.67. The maximum Gasteiger partial charge on any atom is 0.407 e. The first-order chi connectivity index (χ1) is 9.97. The van der Waals surface area contributed by atoms with Crippen LogP contribution in [0.5, 0.6) is 0 Å². The summed E-state index contributed by atoms with van der Waals surface area (Å²) in [5, 5.41) is 12.1. The molecule has 1 amide bonds. The smallest absolute Gasteiger partial charge is 0.407 e. The lowest BCUT2D eigenvalue weighted by Crippen LogP contribution is -2.52. The van der Waals surface area contributed by atoms with Crippen molar-refractivity contribution in [2.45, 2.75) is 37.2 Å². The van der Waals surface area contributed by atoms with E-state index in [1.807, 2.05) is 0 Å². The number of carboxylic acid groups (broad SMARTS) is 1. The van der Waals surface area contributed by atoms with E-state index in [4.69, 9.17) is 0 Å². The van der Waals surface area contributed by atoms with E-state index < -0.39 is 48.8 Å². The predicted molar refractivity (Wildman–Crippen MR) is 63.3 cm³/mol. The van der Waals surface area contributed by atoms with Gasteiger partial charge in [0.1, 0.15) is 0 Å². The molecule has 2 aliphatic heterocycles. The molecule has 1 unspecified atom stereocenters. The quantitative estimate of drug-likeness (QED) is 0.725. The van der Waals surface area contributed by atoms with Crippen LogP contribution in [0.1, 0.15) is 19.3 Å². The van der Waals surface area contributed by atoms with Gasteiger partial charge in [0.25, 0.3) is 0 Å². The van der Waals surface area contributed by atoms with Crippen molar-refractivity contribution < 1.29 is 36.2 Å². The average molecular weight is 334 g/mol. The number of hydrogen-bond acceptors (Lipinski definition) is 2. The first kappa shape index (κ1) is 17.2. The van der Waals surface area contributed by atoms with Crippen LogP contribution in [0.15, 0.2) is 0 Å². The Morgan fingerprint density at radius 1 is 1.14 bits per heavy atom. The van der Waals surface area contributed by atoms with Gasteiger partial charge in [0, 0.05) is 12.1 Å². The Morgan fingerprint density at radius 2 is 1.64 bits per heavy atom. The summed E-state index contributed by atoms with van der Waals surface area (Å²) in [7, 11) is 0. The highest BCUT2D eigenvalue weighted by Crippen LogP contribution is 2.51. The maximum absolute atomic E-state index is 12.9. The van der Waals surface area contributed by atoms with Gasteiger partial charge in [-0.3, -0.25) is 0 Å². The topological polar surface area (TPSA) is 52.6 Å². The summed E-state index contributed by atoms with van der Waals surface area (Å²) in [6.45, 7) is 0.0113. The monoisotopic (exact) mass is 334 g/mol. The van der Waals surface area contributed by atoms with Crippen LogP contribution in [0, 0.1) is 11.8 Å². The summed E-state index contributed by atoms with van der Waals surface area (Å²) in [6, 6.07) is 0. The van der Waals surface area contributed by atoms with E-state index in [0.29, 0.717) is 13.1 Å². The van der Waals surface area contributed by atoms with Crippen molar-refractivity contribution in [2.24, 2.45) is 11.8 Å². The summed E-state index contributed by atoms with van der Waals surface area (Å²) in [5.74, 6) is -5.29. The fourth-order valence-corrected chi connectivity index (χ4v) is 3.68. The lowest BCUT2D eigenvalue weighted by molar-refractivity contribution is -0.297. The molecule has 0 aliphatic carbocycles. The molecule has 0 bridgehead atoms. The van der Waals surface area contributed by atoms with E-state index in [0.717, 1.165) is 4.90 Å². The van der Waals surface area contributed by atoms with Gasteiger partial charge < -0.3 is 15.3 Å². The van der Waals surface area contributed by atoms with Crippen LogP contribution in [0.3, 0.4) is 0 Å². The minimum Gasteiger partial charge on any atom is -0.465 e. The van der Waals surface area contributed by atoms with E-state index in [1.165, 1.54) is 0 Å². The fourth-order valence-electron chi connectivity index (χ4n) is 3.68.